The van der Waals surface area contributed by atoms with Gasteiger partial charge in [-0.2, -0.15) is 0 Å². The molecule has 1 amide bonds. The van der Waals surface area contributed by atoms with Crippen LogP contribution in [0.2, 0.25) is 5.02 Å². The molecule has 2 aromatic rings. The highest BCUT2D eigenvalue weighted by molar-refractivity contribution is 6.30. The molecule has 21 heavy (non-hydrogen) atoms. The van der Waals surface area contributed by atoms with Crippen LogP contribution in [0.1, 0.15) is 10.4 Å². The number of anilines is 2. The molecule has 0 spiro atoms. The van der Waals surface area contributed by atoms with E-state index in [1.807, 2.05) is 0 Å². The molecular weight excluding hydrogens is 292 g/mol. The molecule has 5 nitrogen and oxygen atoms in total. The van der Waals surface area contributed by atoms with E-state index in [0.717, 1.165) is 4.90 Å². The van der Waals surface area contributed by atoms with E-state index in [4.69, 9.17) is 22.4 Å². The lowest BCUT2D eigenvalue weighted by Gasteiger charge is -2.22. The van der Waals surface area contributed by atoms with Gasteiger partial charge in [0, 0.05) is 10.6 Å². The van der Waals surface area contributed by atoms with Crippen molar-refractivity contribution in [1.82, 2.24) is 0 Å². The lowest BCUT2D eigenvalue weighted by atomic mass is 10.1. The highest BCUT2D eigenvalue weighted by atomic mass is 35.5. The molecule has 0 aromatic heterocycles. The summed E-state index contributed by atoms with van der Waals surface area (Å²) in [6.07, 6.45) is 0. The van der Waals surface area contributed by atoms with Crippen molar-refractivity contribution in [2.45, 2.75) is 0 Å². The second-order valence-corrected chi connectivity index (χ2v) is 4.79. The fourth-order valence-electron chi connectivity index (χ4n) is 1.88. The van der Waals surface area contributed by atoms with E-state index in [1.54, 1.807) is 48.5 Å². The van der Waals surface area contributed by atoms with Gasteiger partial charge in [-0.25, -0.2) is 0 Å². The van der Waals surface area contributed by atoms with Crippen molar-refractivity contribution in [1.29, 1.82) is 0 Å². The van der Waals surface area contributed by atoms with Crippen LogP contribution in [0.3, 0.4) is 0 Å². The van der Waals surface area contributed by atoms with E-state index in [0.29, 0.717) is 22.0 Å². The SMILES string of the molecule is Nc1ccccc1N(CC(=O)O)C(=O)c1ccc(Cl)cc1. The van der Waals surface area contributed by atoms with Crippen LogP contribution in [0.25, 0.3) is 0 Å². The number of carbonyl (C=O) groups excluding carboxylic acids is 1. The number of nitrogens with zero attached hydrogens (tertiary/aromatic N) is 1. The van der Waals surface area contributed by atoms with Gasteiger partial charge in [0.15, 0.2) is 0 Å². The monoisotopic (exact) mass is 304 g/mol. The predicted molar refractivity (Wildman–Crippen MR) is 81.6 cm³/mol. The number of amides is 1. The first-order valence-corrected chi connectivity index (χ1v) is 6.50. The van der Waals surface area contributed by atoms with Crippen molar-refractivity contribution >= 4 is 34.9 Å². The first-order chi connectivity index (χ1) is 9.99. The number of rotatable bonds is 4. The van der Waals surface area contributed by atoms with Crippen molar-refractivity contribution in [3.63, 3.8) is 0 Å². The summed E-state index contributed by atoms with van der Waals surface area (Å²) in [4.78, 5) is 24.7. The molecule has 0 saturated heterocycles. The largest absolute Gasteiger partial charge is 0.480 e. The summed E-state index contributed by atoms with van der Waals surface area (Å²) in [5.41, 5.74) is 6.86. The summed E-state index contributed by atoms with van der Waals surface area (Å²) in [6.45, 7) is -0.477. The molecule has 3 N–H and O–H groups in total. The van der Waals surface area contributed by atoms with Gasteiger partial charge in [0.05, 0.1) is 11.4 Å². The Morgan fingerprint density at radius 2 is 1.71 bits per heavy atom. The number of aliphatic carboxylic acids is 1. The van der Waals surface area contributed by atoms with Crippen molar-refractivity contribution in [2.75, 3.05) is 17.2 Å². The Morgan fingerprint density at radius 3 is 2.29 bits per heavy atom. The number of benzene rings is 2. The Hall–Kier alpha value is -2.53. The van der Waals surface area contributed by atoms with Gasteiger partial charge in [0.1, 0.15) is 6.54 Å². The maximum atomic E-state index is 12.5. The zero-order chi connectivity index (χ0) is 15.4. The van der Waals surface area contributed by atoms with Gasteiger partial charge in [-0.1, -0.05) is 23.7 Å². The van der Waals surface area contributed by atoms with E-state index < -0.39 is 18.4 Å². The molecular formula is C15H13ClN2O3. The first kappa shape index (κ1) is 14.9. The molecule has 108 valence electrons. The number of hydrogen-bond acceptors (Lipinski definition) is 3. The van der Waals surface area contributed by atoms with Crippen LogP contribution in [-0.2, 0) is 4.79 Å². The zero-order valence-electron chi connectivity index (χ0n) is 11.0. The smallest absolute Gasteiger partial charge is 0.323 e. The second-order valence-electron chi connectivity index (χ2n) is 4.35. The van der Waals surface area contributed by atoms with E-state index >= 15 is 0 Å². The van der Waals surface area contributed by atoms with E-state index in [-0.39, 0.29) is 0 Å². The van der Waals surface area contributed by atoms with Gasteiger partial charge in [0.2, 0.25) is 0 Å². The van der Waals surface area contributed by atoms with E-state index in [9.17, 15) is 9.59 Å². The third kappa shape index (κ3) is 3.52. The van der Waals surface area contributed by atoms with Crippen molar-refractivity contribution < 1.29 is 14.7 Å². The molecule has 0 unspecified atom stereocenters. The number of carbonyl (C=O) groups is 2. The van der Waals surface area contributed by atoms with Crippen molar-refractivity contribution in [3.05, 3.63) is 59.1 Å². The Labute approximate surface area is 126 Å². The number of carboxylic acid groups (broad SMARTS) is 1. The van der Waals surface area contributed by atoms with Crippen LogP contribution in [0.4, 0.5) is 11.4 Å². The Balaban J connectivity index is 2.41. The number of carboxylic acids is 1. The molecule has 2 aromatic carbocycles. The fraction of sp³-hybridized carbons (Fsp3) is 0.0667. The molecule has 0 aliphatic heterocycles. The molecule has 0 aliphatic rings. The van der Waals surface area contributed by atoms with Crippen molar-refractivity contribution in [3.8, 4) is 0 Å². The average molecular weight is 305 g/mol. The van der Waals surface area contributed by atoms with Crippen LogP contribution in [0.15, 0.2) is 48.5 Å². The summed E-state index contributed by atoms with van der Waals surface area (Å²) in [7, 11) is 0. The van der Waals surface area contributed by atoms with E-state index in [1.165, 1.54) is 0 Å². The molecule has 0 saturated carbocycles. The molecule has 0 fully saturated rings. The number of hydrogen-bond donors (Lipinski definition) is 2. The van der Waals surface area contributed by atoms with E-state index in [2.05, 4.69) is 0 Å². The summed E-state index contributed by atoms with van der Waals surface area (Å²) >= 11 is 5.78. The molecule has 0 aliphatic carbocycles. The number of halogens is 1. The number of nitrogen functional groups attached to an aromatic ring is 1. The third-order valence-electron chi connectivity index (χ3n) is 2.86. The van der Waals surface area contributed by atoms with Crippen LogP contribution >= 0.6 is 11.6 Å². The zero-order valence-corrected chi connectivity index (χ0v) is 11.7. The minimum atomic E-state index is -1.12. The lowest BCUT2D eigenvalue weighted by molar-refractivity contribution is -0.135. The normalized spacial score (nSPS) is 10.1. The van der Waals surface area contributed by atoms with Crippen LogP contribution < -0.4 is 10.6 Å². The summed E-state index contributed by atoms with van der Waals surface area (Å²) in [5, 5.41) is 9.52. The maximum Gasteiger partial charge on any atom is 0.323 e. The Kier molecular flexibility index (Phi) is 4.45. The maximum absolute atomic E-state index is 12.5. The highest BCUT2D eigenvalue weighted by Gasteiger charge is 2.21. The minimum absolute atomic E-state index is 0.334. The van der Waals surface area contributed by atoms with Crippen molar-refractivity contribution in [2.24, 2.45) is 0 Å². The van der Waals surface area contributed by atoms with Gasteiger partial charge >= 0.3 is 5.97 Å². The summed E-state index contributed by atoms with van der Waals surface area (Å²) in [5.74, 6) is -1.58. The van der Waals surface area contributed by atoms with Crippen LogP contribution in [-0.4, -0.2) is 23.5 Å². The average Bonchev–Trinajstić information content (AvgIpc) is 2.45. The number of nitrogens with two attached hydrogens (primary N) is 1. The van der Waals surface area contributed by atoms with Crippen LogP contribution in [0.5, 0.6) is 0 Å². The minimum Gasteiger partial charge on any atom is -0.480 e. The quantitative estimate of drug-likeness (QED) is 0.851. The molecule has 0 atom stereocenters. The summed E-state index contributed by atoms with van der Waals surface area (Å²) in [6, 6.07) is 12.8. The molecule has 2 rings (SSSR count). The van der Waals surface area contributed by atoms with Gasteiger partial charge < -0.3 is 10.8 Å². The fourth-order valence-corrected chi connectivity index (χ4v) is 2.01. The van der Waals surface area contributed by atoms with Gasteiger partial charge in [-0.15, -0.1) is 0 Å². The standard InChI is InChI=1S/C15H13ClN2O3/c16-11-7-5-10(6-8-11)15(21)18(9-14(19)20)13-4-2-1-3-12(13)17/h1-8H,9,17H2,(H,19,20). The molecule has 0 radical (unpaired) electrons. The highest BCUT2D eigenvalue weighted by Crippen LogP contribution is 2.24. The lowest BCUT2D eigenvalue weighted by Crippen LogP contribution is -2.36. The Morgan fingerprint density at radius 1 is 1.10 bits per heavy atom. The second kappa shape index (κ2) is 6.28. The molecule has 0 heterocycles. The third-order valence-corrected chi connectivity index (χ3v) is 3.11. The molecule has 0 bridgehead atoms. The first-order valence-electron chi connectivity index (χ1n) is 6.13. The van der Waals surface area contributed by atoms with Crippen LogP contribution in [0, 0.1) is 0 Å². The molecule has 6 heteroatoms. The van der Waals surface area contributed by atoms with Gasteiger partial charge in [-0.05, 0) is 36.4 Å². The predicted octanol–water partition coefficient (Wildman–Crippen LogP) is 2.65. The Bertz CT molecular complexity index is 671. The summed E-state index contributed by atoms with van der Waals surface area (Å²) < 4.78 is 0. The number of para-hydroxylation sites is 2. The topological polar surface area (TPSA) is 83.6 Å². The van der Waals surface area contributed by atoms with Gasteiger partial charge in [-0.3, -0.25) is 14.5 Å². The van der Waals surface area contributed by atoms with Gasteiger partial charge in [0.25, 0.3) is 5.91 Å².